The van der Waals surface area contributed by atoms with E-state index < -0.39 is 23.6 Å². The highest BCUT2D eigenvalue weighted by molar-refractivity contribution is 6.15. The number of amides is 4. The summed E-state index contributed by atoms with van der Waals surface area (Å²) in [6.07, 6.45) is 0. The first kappa shape index (κ1) is 14.3. The summed E-state index contributed by atoms with van der Waals surface area (Å²) in [5.41, 5.74) is 1.70. The highest BCUT2D eigenvalue weighted by Crippen LogP contribution is 2.20. The van der Waals surface area contributed by atoms with Gasteiger partial charge in [-0.15, -0.1) is 0 Å². The van der Waals surface area contributed by atoms with E-state index in [9.17, 15) is 19.2 Å². The Kier molecular flexibility index (Phi) is 3.06. The average Bonchev–Trinajstić information content (AvgIpc) is 2.62. The third kappa shape index (κ3) is 2.04. The van der Waals surface area contributed by atoms with Crippen LogP contribution in [0.15, 0.2) is 48.5 Å². The lowest BCUT2D eigenvalue weighted by molar-refractivity contribution is 0.0509. The van der Waals surface area contributed by atoms with Gasteiger partial charge in [0, 0.05) is 35.3 Å². The Morgan fingerprint density at radius 2 is 0.833 bits per heavy atom. The molecule has 0 N–H and O–H groups in total. The fourth-order valence-electron chi connectivity index (χ4n) is 2.98. The molecule has 0 saturated heterocycles. The molecule has 0 fully saturated rings. The van der Waals surface area contributed by atoms with Crippen molar-refractivity contribution in [2.24, 2.45) is 0 Å². The topological polar surface area (TPSA) is 74.8 Å². The van der Waals surface area contributed by atoms with Crippen molar-refractivity contribution in [2.75, 3.05) is 13.1 Å². The minimum Gasteiger partial charge on any atom is -0.273 e. The molecule has 0 unspecified atom stereocenters. The molecule has 24 heavy (non-hydrogen) atoms. The molecule has 2 aliphatic heterocycles. The van der Waals surface area contributed by atoms with Gasteiger partial charge in [0.15, 0.2) is 0 Å². The molecule has 0 spiro atoms. The zero-order chi connectivity index (χ0) is 16.8. The van der Waals surface area contributed by atoms with Crippen molar-refractivity contribution >= 4 is 23.6 Å². The molecule has 4 amide bonds. The molecule has 2 heterocycles. The molecule has 0 aromatic heterocycles. The lowest BCUT2D eigenvalue weighted by atomic mass is 10.0. The number of fused-ring (bicyclic) bond motifs is 4. The van der Waals surface area contributed by atoms with Gasteiger partial charge in [0.25, 0.3) is 23.6 Å². The van der Waals surface area contributed by atoms with Crippen molar-refractivity contribution in [2.45, 2.75) is 0 Å². The Hall–Kier alpha value is -3.28. The lowest BCUT2D eigenvalue weighted by Crippen LogP contribution is -2.48. The van der Waals surface area contributed by atoms with Crippen LogP contribution in [0.5, 0.6) is 0 Å². The van der Waals surface area contributed by atoms with Gasteiger partial charge in [-0.25, -0.2) is 0 Å². The van der Waals surface area contributed by atoms with E-state index in [0.717, 1.165) is 9.80 Å². The fourth-order valence-corrected chi connectivity index (χ4v) is 2.98. The van der Waals surface area contributed by atoms with Crippen LogP contribution in [0.4, 0.5) is 0 Å². The Bertz CT molecular complexity index is 781. The number of imide groups is 2. The maximum absolute atomic E-state index is 12.3. The second kappa shape index (κ2) is 5.13. The summed E-state index contributed by atoms with van der Waals surface area (Å²) in [7, 11) is 0. The highest BCUT2D eigenvalue weighted by atomic mass is 16.2. The maximum Gasteiger partial charge on any atom is 0.260 e. The van der Waals surface area contributed by atoms with Crippen molar-refractivity contribution < 1.29 is 19.2 Å². The first-order valence-corrected chi connectivity index (χ1v) is 7.49. The van der Waals surface area contributed by atoms with Crippen LogP contribution in [-0.2, 0) is 0 Å². The lowest BCUT2D eigenvalue weighted by Gasteiger charge is -2.29. The molecule has 0 atom stereocenters. The normalized spacial score (nSPS) is 16.0. The zero-order valence-electron chi connectivity index (χ0n) is 12.6. The molecule has 4 bridgehead atoms. The Labute approximate surface area is 137 Å². The van der Waals surface area contributed by atoms with Crippen LogP contribution in [0, 0.1) is 0 Å². The summed E-state index contributed by atoms with van der Waals surface area (Å²) in [4.78, 5) is 51.4. The summed E-state index contributed by atoms with van der Waals surface area (Å²) >= 11 is 0. The third-order valence-electron chi connectivity index (χ3n) is 4.24. The van der Waals surface area contributed by atoms with Crippen LogP contribution in [-0.4, -0.2) is 46.5 Å². The monoisotopic (exact) mass is 320 g/mol. The molecule has 6 nitrogen and oxygen atoms in total. The predicted octanol–water partition coefficient (Wildman–Crippen LogP) is 1.58. The SMILES string of the molecule is O=C1c2cccc(c2)C(=O)N1CCN1C(=O)c2cccc(c2)C1=O. The standard InChI is InChI=1S/C18H12N2O4/c21-15-11-3-1-4-12(9-11)16(22)19(15)7-8-20-17(23)13-5-2-6-14(10-13)18(20)24/h1-6,9-10H,7-8H2. The van der Waals surface area contributed by atoms with Gasteiger partial charge in [0.1, 0.15) is 0 Å². The first-order chi connectivity index (χ1) is 11.6. The van der Waals surface area contributed by atoms with E-state index in [2.05, 4.69) is 0 Å². The van der Waals surface area contributed by atoms with E-state index in [1.807, 2.05) is 0 Å². The van der Waals surface area contributed by atoms with Crippen molar-refractivity contribution in [3.05, 3.63) is 70.8 Å². The number of hydrogen-bond acceptors (Lipinski definition) is 4. The number of carbonyl (C=O) groups is 4. The van der Waals surface area contributed by atoms with Crippen LogP contribution in [0.25, 0.3) is 0 Å². The van der Waals surface area contributed by atoms with Crippen LogP contribution in [0.2, 0.25) is 0 Å². The van der Waals surface area contributed by atoms with Crippen molar-refractivity contribution in [3.63, 3.8) is 0 Å². The second-order valence-electron chi connectivity index (χ2n) is 5.69. The minimum atomic E-state index is -0.413. The molecule has 0 aliphatic carbocycles. The predicted molar refractivity (Wildman–Crippen MR) is 83.6 cm³/mol. The summed E-state index contributed by atoms with van der Waals surface area (Å²) in [5, 5.41) is 0. The van der Waals surface area contributed by atoms with Gasteiger partial charge in [-0.2, -0.15) is 0 Å². The van der Waals surface area contributed by atoms with Gasteiger partial charge in [-0.3, -0.25) is 29.0 Å². The van der Waals surface area contributed by atoms with Gasteiger partial charge in [0.2, 0.25) is 0 Å². The van der Waals surface area contributed by atoms with Crippen LogP contribution >= 0.6 is 0 Å². The molecular formula is C18H12N2O4. The smallest absolute Gasteiger partial charge is 0.260 e. The van der Waals surface area contributed by atoms with Crippen molar-refractivity contribution in [3.8, 4) is 0 Å². The number of nitrogens with zero attached hydrogens (tertiary/aromatic N) is 2. The van der Waals surface area contributed by atoms with E-state index >= 15 is 0 Å². The third-order valence-corrected chi connectivity index (χ3v) is 4.24. The maximum atomic E-state index is 12.3. The van der Waals surface area contributed by atoms with Gasteiger partial charge in [-0.1, -0.05) is 12.1 Å². The first-order valence-electron chi connectivity index (χ1n) is 7.49. The number of rotatable bonds is 3. The van der Waals surface area contributed by atoms with E-state index in [1.165, 1.54) is 0 Å². The highest BCUT2D eigenvalue weighted by Gasteiger charge is 2.33. The van der Waals surface area contributed by atoms with Crippen molar-refractivity contribution in [1.29, 1.82) is 0 Å². The summed E-state index contributed by atoms with van der Waals surface area (Å²) in [6.45, 7) is -0.0517. The number of carbonyl (C=O) groups excluding carboxylic acids is 4. The molecule has 2 aromatic carbocycles. The van der Waals surface area contributed by atoms with Gasteiger partial charge >= 0.3 is 0 Å². The summed E-state index contributed by atoms with van der Waals surface area (Å²) < 4.78 is 0. The van der Waals surface area contributed by atoms with Crippen molar-refractivity contribution in [1.82, 2.24) is 9.80 Å². The Morgan fingerprint density at radius 3 is 1.12 bits per heavy atom. The molecule has 118 valence electrons. The molecule has 4 rings (SSSR count). The molecule has 6 heteroatoms. The van der Waals surface area contributed by atoms with E-state index in [-0.39, 0.29) is 13.1 Å². The quantitative estimate of drug-likeness (QED) is 0.805. The minimum absolute atomic E-state index is 0.0259. The second-order valence-corrected chi connectivity index (χ2v) is 5.69. The van der Waals surface area contributed by atoms with Crippen LogP contribution < -0.4 is 0 Å². The average molecular weight is 320 g/mol. The van der Waals surface area contributed by atoms with Gasteiger partial charge < -0.3 is 0 Å². The van der Waals surface area contributed by atoms with E-state index in [0.29, 0.717) is 22.3 Å². The van der Waals surface area contributed by atoms with E-state index in [1.54, 1.807) is 48.5 Å². The molecular weight excluding hydrogens is 308 g/mol. The van der Waals surface area contributed by atoms with Crippen LogP contribution in [0.1, 0.15) is 41.4 Å². The van der Waals surface area contributed by atoms with E-state index in [4.69, 9.17) is 0 Å². The van der Waals surface area contributed by atoms with Gasteiger partial charge in [-0.05, 0) is 36.4 Å². The molecule has 0 saturated carbocycles. The molecule has 2 aliphatic rings. The van der Waals surface area contributed by atoms with Crippen LogP contribution in [0.3, 0.4) is 0 Å². The Morgan fingerprint density at radius 1 is 0.542 bits per heavy atom. The number of benzene rings is 2. The summed E-state index contributed by atoms with van der Waals surface area (Å²) in [6, 6.07) is 12.9. The largest absolute Gasteiger partial charge is 0.273 e. The Balaban J connectivity index is 1.55. The molecule has 0 radical (unpaired) electrons. The summed E-state index contributed by atoms with van der Waals surface area (Å²) in [5.74, 6) is -1.65. The molecule has 2 aromatic rings. The van der Waals surface area contributed by atoms with Gasteiger partial charge in [0.05, 0.1) is 0 Å². The fraction of sp³-hybridized carbons (Fsp3) is 0.111. The number of hydrogen-bond donors (Lipinski definition) is 0. The zero-order valence-corrected chi connectivity index (χ0v) is 12.6.